The summed E-state index contributed by atoms with van der Waals surface area (Å²) in [6, 6.07) is 15.3. The zero-order valence-electron chi connectivity index (χ0n) is 54.0. The lowest BCUT2D eigenvalue weighted by Gasteiger charge is -2.32. The summed E-state index contributed by atoms with van der Waals surface area (Å²) in [5.41, 5.74) is 22.5. The standard InChI is InChI=1S/C69H94N10O10S2/c1-39(2)31-53-57(80)36-47(33-44-19-11-9-12-20-44)63(83)77-78-68(88)60-38-51(43(8)91-60)49-25-15-24-48(49)50-37-59(90-42(50)7)67(87)72-52(26-17-29-71)64(84)74-54(32-40(3)4)65(85)75-55(34-45-21-13-10-14-22-45)69(89)79-30-18-27-56(79)66(86)76-61(41(5)6)58(81)35-46(23-16-28-70)62(82)73-53/h9-14,19-22,37-41,46-47,52-56,61H,15-18,23-36,70-71H2,1-8H3,(H,72,87)(H,73,82)(H,74,84)(H,75,85)(H,76,86)(H,77,83)(H,78,88)/t46-,47+,52+,53+,54+,55-,56+,61+/m1/s1. The van der Waals surface area contributed by atoms with Gasteiger partial charge in [-0.05, 0) is 167 Å². The van der Waals surface area contributed by atoms with Gasteiger partial charge in [0.15, 0.2) is 11.6 Å². The minimum atomic E-state index is -1.20. The third-order valence-corrected chi connectivity index (χ3v) is 19.4. The number of nitrogens with one attached hydrogen (secondary N) is 7. The van der Waals surface area contributed by atoms with Crippen LogP contribution in [0.15, 0.2) is 72.8 Å². The molecule has 0 saturated carbocycles. The highest BCUT2D eigenvalue weighted by molar-refractivity contribution is 7.14. The third-order valence-electron chi connectivity index (χ3n) is 17.3. The van der Waals surface area contributed by atoms with Gasteiger partial charge in [0.1, 0.15) is 24.2 Å². The van der Waals surface area contributed by atoms with E-state index in [2.05, 4.69) is 37.4 Å². The summed E-state index contributed by atoms with van der Waals surface area (Å²) in [6.07, 6.45) is 4.06. The highest BCUT2D eigenvalue weighted by Crippen LogP contribution is 2.45. The van der Waals surface area contributed by atoms with Crippen LogP contribution in [0.2, 0.25) is 0 Å². The van der Waals surface area contributed by atoms with E-state index < -0.39 is 113 Å². The van der Waals surface area contributed by atoms with Crippen molar-refractivity contribution in [3.05, 3.63) is 115 Å². The van der Waals surface area contributed by atoms with Crippen molar-refractivity contribution in [1.29, 1.82) is 0 Å². The molecule has 2 aliphatic heterocycles. The minimum Gasteiger partial charge on any atom is -0.346 e. The van der Waals surface area contributed by atoms with Crippen molar-refractivity contribution in [2.75, 3.05) is 19.6 Å². The zero-order chi connectivity index (χ0) is 66.1. The van der Waals surface area contributed by atoms with Crippen LogP contribution in [0.5, 0.6) is 0 Å². The number of hydrogen-bond acceptors (Lipinski definition) is 14. The van der Waals surface area contributed by atoms with E-state index in [4.69, 9.17) is 11.5 Å². The molecule has 1 saturated heterocycles. The summed E-state index contributed by atoms with van der Waals surface area (Å²) in [6.45, 7) is 15.6. The summed E-state index contributed by atoms with van der Waals surface area (Å²) in [5.74, 6) is -7.97. The van der Waals surface area contributed by atoms with Crippen LogP contribution < -0.4 is 48.9 Å². The summed E-state index contributed by atoms with van der Waals surface area (Å²) < 4.78 is 0. The van der Waals surface area contributed by atoms with Crippen molar-refractivity contribution < 1.29 is 47.9 Å². The molecule has 7 rings (SSSR count). The first-order valence-electron chi connectivity index (χ1n) is 32.4. The molecule has 11 N–H and O–H groups in total. The van der Waals surface area contributed by atoms with Gasteiger partial charge in [0.2, 0.25) is 35.4 Å². The summed E-state index contributed by atoms with van der Waals surface area (Å²) in [5, 5.41) is 14.7. The fourth-order valence-electron chi connectivity index (χ4n) is 12.5. The van der Waals surface area contributed by atoms with Crippen LogP contribution in [-0.4, -0.2) is 120 Å². The van der Waals surface area contributed by atoms with Crippen molar-refractivity contribution in [2.45, 2.75) is 188 Å². The van der Waals surface area contributed by atoms with Crippen LogP contribution in [-0.2, 0) is 51.2 Å². The predicted octanol–water partition coefficient (Wildman–Crippen LogP) is 7.19. The molecule has 91 heavy (non-hydrogen) atoms. The van der Waals surface area contributed by atoms with Gasteiger partial charge in [-0.3, -0.25) is 58.8 Å². The van der Waals surface area contributed by atoms with Gasteiger partial charge in [0.05, 0.1) is 27.8 Å². The van der Waals surface area contributed by atoms with Gasteiger partial charge in [-0.15, -0.1) is 22.7 Å². The van der Waals surface area contributed by atoms with E-state index in [1.165, 1.54) is 27.6 Å². The van der Waals surface area contributed by atoms with Gasteiger partial charge in [0.25, 0.3) is 11.8 Å². The SMILES string of the molecule is Cc1sc2cc1C1=C(CCC1)c1cc(sc1C)C(=O)N[C@@H](CCCN)C(=O)N[C@@H](CC(C)C)C(=O)N[C@H](Cc1ccccc1)C(=O)N1CCC[C@H]1C(=O)N[C@@H](C(C)C)C(=O)C[C@@H](CCCN)C(=O)N[C@@H](CC(C)C)C(=O)C[C@H](Cc1ccccc1)C(=O)NNC2=O. The fourth-order valence-corrected chi connectivity index (χ4v) is 14.4. The molecule has 0 spiro atoms. The van der Waals surface area contributed by atoms with E-state index in [9.17, 15) is 43.2 Å². The van der Waals surface area contributed by atoms with Gasteiger partial charge in [0, 0.05) is 41.5 Å². The normalized spacial score (nSPS) is 23.5. The first kappa shape index (κ1) is 71.0. The first-order valence-corrected chi connectivity index (χ1v) is 34.0. The number of fused-ring (bicyclic) bond motifs is 7. The van der Waals surface area contributed by atoms with Crippen molar-refractivity contribution in [2.24, 2.45) is 41.1 Å². The monoisotopic (exact) mass is 1290 g/mol. The molecule has 0 unspecified atom stereocenters. The highest BCUT2D eigenvalue weighted by Gasteiger charge is 2.41. The molecule has 1 aliphatic carbocycles. The molecule has 8 atom stereocenters. The number of thiophene rings is 2. The lowest BCUT2D eigenvalue weighted by Crippen LogP contribution is -2.59. The average molecular weight is 1290 g/mol. The smallest absolute Gasteiger partial charge is 0.279 e. The number of aryl methyl sites for hydroxylation is 2. The second-order valence-corrected chi connectivity index (χ2v) is 28.3. The quantitative estimate of drug-likeness (QED) is 0.0572. The number of benzene rings is 2. The highest BCUT2D eigenvalue weighted by atomic mass is 32.1. The predicted molar refractivity (Wildman–Crippen MR) is 355 cm³/mol. The van der Waals surface area contributed by atoms with E-state index in [0.717, 1.165) is 49.6 Å². The molecule has 2 aromatic heterocycles. The maximum absolute atomic E-state index is 15.0. The van der Waals surface area contributed by atoms with E-state index in [-0.39, 0.29) is 89.3 Å². The Morgan fingerprint density at radius 2 is 1.05 bits per heavy atom. The molecule has 1 fully saturated rings. The average Bonchev–Trinajstić information content (AvgIpc) is 1.86. The molecule has 8 amide bonds. The fraction of sp³-hybridized carbons (Fsp3) is 0.536. The van der Waals surface area contributed by atoms with E-state index in [0.29, 0.717) is 41.9 Å². The number of ketones is 2. The van der Waals surface area contributed by atoms with Gasteiger partial charge >= 0.3 is 0 Å². The summed E-state index contributed by atoms with van der Waals surface area (Å²) >= 11 is 2.56. The molecular weight excluding hydrogens is 1190 g/mol. The molecule has 492 valence electrons. The molecule has 2 aromatic carbocycles. The maximum Gasteiger partial charge on any atom is 0.279 e. The number of allylic oxidation sites excluding steroid dienone is 2. The third kappa shape index (κ3) is 19.6. The largest absolute Gasteiger partial charge is 0.346 e. The molecule has 3 aliphatic rings. The molecule has 0 radical (unpaired) electrons. The number of carbonyl (C=O) groups is 10. The van der Waals surface area contributed by atoms with Crippen molar-refractivity contribution in [3.63, 3.8) is 0 Å². The molecule has 4 heterocycles. The number of nitrogens with zero attached hydrogens (tertiary/aromatic N) is 1. The van der Waals surface area contributed by atoms with E-state index >= 15 is 4.79 Å². The van der Waals surface area contributed by atoms with Crippen molar-refractivity contribution in [1.82, 2.24) is 42.3 Å². The Bertz CT molecular complexity index is 3270. The Labute approximate surface area is 543 Å². The van der Waals surface area contributed by atoms with Crippen molar-refractivity contribution in [3.8, 4) is 0 Å². The Hall–Kier alpha value is -7.40. The van der Waals surface area contributed by atoms with E-state index in [1.54, 1.807) is 13.8 Å². The molecule has 20 nitrogen and oxygen atoms in total. The lowest BCUT2D eigenvalue weighted by atomic mass is 9.87. The molecule has 22 heteroatoms. The van der Waals surface area contributed by atoms with Gasteiger partial charge in [-0.1, -0.05) is 102 Å². The number of hydrogen-bond donors (Lipinski definition) is 9. The Morgan fingerprint density at radius 1 is 0.527 bits per heavy atom. The van der Waals surface area contributed by atoms with Crippen molar-refractivity contribution >= 4 is 92.6 Å². The number of amides is 8. The van der Waals surface area contributed by atoms with Crippen LogP contribution in [0.25, 0.3) is 11.1 Å². The number of nitrogens with two attached hydrogens (primary N) is 2. The summed E-state index contributed by atoms with van der Waals surface area (Å²) in [7, 11) is 0. The van der Waals surface area contributed by atoms with E-state index in [1.807, 2.05) is 114 Å². The Kier molecular flexibility index (Phi) is 26.4. The van der Waals surface area contributed by atoms with Crippen LogP contribution in [0.4, 0.5) is 0 Å². The number of hydrazine groups is 1. The number of carbonyl (C=O) groups excluding carboxylic acids is 10. The van der Waals surface area contributed by atoms with Gasteiger partial charge in [-0.2, -0.15) is 0 Å². The number of Topliss-reactive ketones (excluding diaryl/α,β-unsaturated/α-hetero) is 2. The molecule has 4 aromatic rings. The zero-order valence-corrected chi connectivity index (χ0v) is 55.6. The Morgan fingerprint density at radius 3 is 1.64 bits per heavy atom. The lowest BCUT2D eigenvalue weighted by molar-refractivity contribution is -0.142. The van der Waals surface area contributed by atoms with Crippen LogP contribution in [0.1, 0.15) is 176 Å². The van der Waals surface area contributed by atoms with Gasteiger partial charge < -0.3 is 43.0 Å². The van der Waals surface area contributed by atoms with Crippen LogP contribution >= 0.6 is 22.7 Å². The summed E-state index contributed by atoms with van der Waals surface area (Å²) in [4.78, 5) is 149. The van der Waals surface area contributed by atoms with Gasteiger partial charge in [-0.25, -0.2) is 0 Å². The second-order valence-electron chi connectivity index (χ2n) is 25.8. The maximum atomic E-state index is 15.0. The second kappa shape index (κ2) is 33.8. The molecular formula is C69H94N10O10S2. The van der Waals surface area contributed by atoms with Crippen LogP contribution in [0.3, 0.4) is 0 Å². The molecule has 4 bridgehead atoms. The first-order chi connectivity index (χ1) is 43.5. The number of rotatable bonds is 15. The Balaban J connectivity index is 1.25. The minimum absolute atomic E-state index is 0.0477. The van der Waals surface area contributed by atoms with Crippen LogP contribution in [0, 0.1) is 43.4 Å². The topological polar surface area (TPSA) is 310 Å².